The molecule has 1 N–H and O–H groups in total. The minimum Gasteiger partial charge on any atom is -0.383 e. The molecule has 3 nitrogen and oxygen atoms in total. The van der Waals surface area contributed by atoms with E-state index in [-0.39, 0.29) is 5.91 Å². The molecule has 0 aromatic heterocycles. The highest BCUT2D eigenvalue weighted by molar-refractivity contribution is 6.36. The number of hydrogen-bond donors (Lipinski definition) is 1. The van der Waals surface area contributed by atoms with Gasteiger partial charge in [-0.3, -0.25) is 4.79 Å². The van der Waals surface area contributed by atoms with Gasteiger partial charge in [-0.05, 0) is 31.0 Å². The first-order chi connectivity index (χ1) is 9.58. The number of anilines is 1. The summed E-state index contributed by atoms with van der Waals surface area (Å²) < 4.78 is 0. The minimum absolute atomic E-state index is 0.186. The van der Waals surface area contributed by atoms with E-state index < -0.39 is 0 Å². The van der Waals surface area contributed by atoms with Gasteiger partial charge in [-0.1, -0.05) is 37.0 Å². The van der Waals surface area contributed by atoms with Crippen molar-refractivity contribution in [2.24, 2.45) is 0 Å². The molecule has 0 aliphatic heterocycles. The van der Waals surface area contributed by atoms with Gasteiger partial charge in [0.15, 0.2) is 0 Å². The molecule has 5 heteroatoms. The van der Waals surface area contributed by atoms with Crippen molar-refractivity contribution in [1.82, 2.24) is 4.90 Å². The third kappa shape index (κ3) is 5.59. The third-order valence-corrected chi connectivity index (χ3v) is 3.47. The molecule has 0 bridgehead atoms. The van der Waals surface area contributed by atoms with E-state index in [1.54, 1.807) is 12.1 Å². The molecule has 0 aliphatic rings. The van der Waals surface area contributed by atoms with Crippen LogP contribution in [0.2, 0.25) is 10.0 Å². The van der Waals surface area contributed by atoms with Gasteiger partial charge in [0.1, 0.15) is 0 Å². The summed E-state index contributed by atoms with van der Waals surface area (Å²) in [6.07, 6.45) is 2.45. The lowest BCUT2D eigenvalue weighted by molar-refractivity contribution is -0.131. The molecule has 1 amide bonds. The van der Waals surface area contributed by atoms with Crippen molar-refractivity contribution in [1.29, 1.82) is 0 Å². The Hall–Kier alpha value is -0.930. The first-order valence-electron chi connectivity index (χ1n) is 7.05. The van der Waals surface area contributed by atoms with Crippen LogP contribution in [0.4, 0.5) is 5.69 Å². The summed E-state index contributed by atoms with van der Waals surface area (Å²) in [5.41, 5.74) is 0.807. The topological polar surface area (TPSA) is 32.3 Å². The van der Waals surface area contributed by atoms with Crippen LogP contribution >= 0.6 is 23.2 Å². The highest BCUT2D eigenvalue weighted by Gasteiger charge is 2.11. The van der Waals surface area contributed by atoms with Crippen LogP contribution in [0.15, 0.2) is 18.2 Å². The number of nitrogens with zero attached hydrogens (tertiary/aromatic N) is 1. The summed E-state index contributed by atoms with van der Waals surface area (Å²) in [5, 5.41) is 4.35. The van der Waals surface area contributed by atoms with Gasteiger partial charge in [0.25, 0.3) is 0 Å². The Balaban J connectivity index is 2.44. The van der Waals surface area contributed by atoms with Crippen LogP contribution < -0.4 is 5.32 Å². The summed E-state index contributed by atoms with van der Waals surface area (Å²) in [6, 6.07) is 5.29. The van der Waals surface area contributed by atoms with Crippen molar-refractivity contribution < 1.29 is 4.79 Å². The first-order valence-corrected chi connectivity index (χ1v) is 7.80. The van der Waals surface area contributed by atoms with E-state index >= 15 is 0 Å². The second kappa shape index (κ2) is 9.09. The van der Waals surface area contributed by atoms with E-state index in [4.69, 9.17) is 23.2 Å². The highest BCUT2D eigenvalue weighted by atomic mass is 35.5. The molecule has 20 heavy (non-hydrogen) atoms. The first kappa shape index (κ1) is 17.1. The van der Waals surface area contributed by atoms with Crippen LogP contribution in [0.5, 0.6) is 0 Å². The molecule has 0 aliphatic carbocycles. The summed E-state index contributed by atoms with van der Waals surface area (Å²) in [5.74, 6) is 0.186. The second-order valence-electron chi connectivity index (χ2n) is 4.68. The quantitative estimate of drug-likeness (QED) is 0.768. The lowest BCUT2D eigenvalue weighted by Gasteiger charge is -2.21. The number of halogens is 2. The zero-order chi connectivity index (χ0) is 15.0. The van der Waals surface area contributed by atoms with Crippen LogP contribution in [0.25, 0.3) is 0 Å². The van der Waals surface area contributed by atoms with Crippen molar-refractivity contribution in [3.63, 3.8) is 0 Å². The van der Waals surface area contributed by atoms with E-state index in [1.165, 1.54) is 0 Å². The van der Waals surface area contributed by atoms with Gasteiger partial charge in [0, 0.05) is 31.1 Å². The summed E-state index contributed by atoms with van der Waals surface area (Å²) >= 11 is 11.9. The summed E-state index contributed by atoms with van der Waals surface area (Å²) in [4.78, 5) is 14.0. The van der Waals surface area contributed by atoms with Crippen LogP contribution in [-0.4, -0.2) is 30.4 Å². The van der Waals surface area contributed by atoms with Crippen molar-refractivity contribution >= 4 is 34.8 Å². The fraction of sp³-hybridized carbons (Fsp3) is 0.533. The molecule has 0 saturated carbocycles. The Morgan fingerprint density at radius 3 is 2.40 bits per heavy atom. The molecular weight excluding hydrogens is 295 g/mol. The maximum Gasteiger partial charge on any atom is 0.224 e. The Bertz CT molecular complexity index is 432. The maximum absolute atomic E-state index is 12.1. The van der Waals surface area contributed by atoms with E-state index in [1.807, 2.05) is 11.0 Å². The average Bonchev–Trinajstić information content (AvgIpc) is 2.41. The van der Waals surface area contributed by atoms with Gasteiger partial charge >= 0.3 is 0 Å². The molecule has 1 rings (SSSR count). The Labute approximate surface area is 131 Å². The van der Waals surface area contributed by atoms with Crippen LogP contribution in [-0.2, 0) is 4.79 Å². The molecule has 0 spiro atoms. The molecule has 1 aromatic rings. The predicted octanol–water partition coefficient (Wildman–Crippen LogP) is 4.44. The number of nitrogens with one attached hydrogen (secondary N) is 1. The zero-order valence-electron chi connectivity index (χ0n) is 12.1. The molecular formula is C15H22Cl2N2O. The molecule has 112 valence electrons. The van der Waals surface area contributed by atoms with Crippen molar-refractivity contribution in [3.8, 4) is 0 Å². The van der Waals surface area contributed by atoms with Gasteiger partial charge in [0.2, 0.25) is 5.91 Å². The van der Waals surface area contributed by atoms with Crippen molar-refractivity contribution in [2.45, 2.75) is 33.1 Å². The molecule has 1 aromatic carbocycles. The number of carbonyl (C=O) groups excluding carboxylic acids is 1. The number of hydrogen-bond acceptors (Lipinski definition) is 2. The van der Waals surface area contributed by atoms with Crippen LogP contribution in [0, 0.1) is 0 Å². The zero-order valence-corrected chi connectivity index (χ0v) is 13.6. The number of rotatable bonds is 8. The molecule has 0 atom stereocenters. The lowest BCUT2D eigenvalue weighted by atomic mass is 10.2. The van der Waals surface area contributed by atoms with E-state index in [2.05, 4.69) is 19.2 Å². The molecule has 0 heterocycles. The lowest BCUT2D eigenvalue weighted by Crippen LogP contribution is -2.33. The third-order valence-electron chi connectivity index (χ3n) is 2.93. The van der Waals surface area contributed by atoms with E-state index in [0.717, 1.165) is 31.6 Å². The average molecular weight is 317 g/mol. The van der Waals surface area contributed by atoms with E-state index in [9.17, 15) is 4.79 Å². The Morgan fingerprint density at radius 2 is 1.85 bits per heavy atom. The van der Waals surface area contributed by atoms with Crippen LogP contribution in [0.1, 0.15) is 33.1 Å². The SMILES string of the molecule is CCCN(CCC)C(=O)CCNc1ccc(Cl)cc1Cl. The minimum atomic E-state index is 0.186. The van der Waals surface area contributed by atoms with Crippen LogP contribution in [0.3, 0.4) is 0 Å². The normalized spacial score (nSPS) is 10.4. The predicted molar refractivity (Wildman–Crippen MR) is 86.7 cm³/mol. The van der Waals surface area contributed by atoms with Gasteiger partial charge in [-0.15, -0.1) is 0 Å². The van der Waals surface area contributed by atoms with Crippen molar-refractivity contribution in [2.75, 3.05) is 25.0 Å². The van der Waals surface area contributed by atoms with Gasteiger partial charge in [0.05, 0.1) is 10.7 Å². The second-order valence-corrected chi connectivity index (χ2v) is 5.53. The Morgan fingerprint density at radius 1 is 1.20 bits per heavy atom. The Kier molecular flexibility index (Phi) is 7.78. The monoisotopic (exact) mass is 316 g/mol. The van der Waals surface area contributed by atoms with Gasteiger partial charge in [-0.25, -0.2) is 0 Å². The molecule has 0 unspecified atom stereocenters. The number of amides is 1. The molecule has 0 fully saturated rings. The maximum atomic E-state index is 12.1. The summed E-state index contributed by atoms with van der Waals surface area (Å²) in [6.45, 7) is 6.40. The van der Waals surface area contributed by atoms with Gasteiger partial charge in [-0.2, -0.15) is 0 Å². The smallest absolute Gasteiger partial charge is 0.224 e. The summed E-state index contributed by atoms with van der Waals surface area (Å²) in [7, 11) is 0. The number of carbonyl (C=O) groups is 1. The number of benzene rings is 1. The van der Waals surface area contributed by atoms with Gasteiger partial charge < -0.3 is 10.2 Å². The molecule has 0 saturated heterocycles. The van der Waals surface area contributed by atoms with Crippen molar-refractivity contribution in [3.05, 3.63) is 28.2 Å². The highest BCUT2D eigenvalue weighted by Crippen LogP contribution is 2.25. The fourth-order valence-electron chi connectivity index (χ4n) is 2.00. The molecule has 0 radical (unpaired) electrons. The standard InChI is InChI=1S/C15H22Cl2N2O/c1-3-9-19(10-4-2)15(20)7-8-18-14-6-5-12(16)11-13(14)17/h5-6,11,18H,3-4,7-10H2,1-2H3. The largest absolute Gasteiger partial charge is 0.383 e. The van der Waals surface area contributed by atoms with E-state index in [0.29, 0.717) is 23.0 Å². The fourth-order valence-corrected chi connectivity index (χ4v) is 2.47.